The van der Waals surface area contributed by atoms with Gasteiger partial charge in [-0.05, 0) is 31.9 Å². The van der Waals surface area contributed by atoms with Gasteiger partial charge in [-0.25, -0.2) is 4.79 Å². The maximum absolute atomic E-state index is 11.5. The van der Waals surface area contributed by atoms with E-state index in [0.29, 0.717) is 23.0 Å². The fraction of sp³-hybridized carbons (Fsp3) is 0.286. The summed E-state index contributed by atoms with van der Waals surface area (Å²) < 4.78 is 5.12. The summed E-state index contributed by atoms with van der Waals surface area (Å²) in [7, 11) is 0. The number of aromatic hydroxyl groups is 1. The van der Waals surface area contributed by atoms with Crippen molar-refractivity contribution in [2.75, 3.05) is 0 Å². The highest BCUT2D eigenvalue weighted by molar-refractivity contribution is 6.02. The fourth-order valence-electron chi connectivity index (χ4n) is 2.07. The van der Waals surface area contributed by atoms with Crippen LogP contribution in [0.1, 0.15) is 35.3 Å². The number of aryl methyl sites for hydroxylation is 2. The third-order valence-electron chi connectivity index (χ3n) is 3.09. The molecule has 18 heavy (non-hydrogen) atoms. The van der Waals surface area contributed by atoms with Crippen LogP contribution in [0.25, 0.3) is 11.0 Å². The molecule has 0 aliphatic heterocycles. The van der Waals surface area contributed by atoms with Crippen molar-refractivity contribution < 1.29 is 14.3 Å². The van der Waals surface area contributed by atoms with E-state index in [4.69, 9.17) is 4.42 Å². The fourth-order valence-corrected chi connectivity index (χ4v) is 2.07. The van der Waals surface area contributed by atoms with Gasteiger partial charge in [0.15, 0.2) is 5.78 Å². The van der Waals surface area contributed by atoms with Crippen LogP contribution < -0.4 is 5.63 Å². The lowest BCUT2D eigenvalue weighted by Gasteiger charge is -2.10. The molecule has 0 bridgehead atoms. The molecule has 4 heteroatoms. The number of phenols is 1. The Morgan fingerprint density at radius 2 is 2.06 bits per heavy atom. The summed E-state index contributed by atoms with van der Waals surface area (Å²) in [5, 5.41) is 10.6. The highest BCUT2D eigenvalue weighted by Crippen LogP contribution is 2.31. The van der Waals surface area contributed by atoms with Crippen LogP contribution >= 0.6 is 0 Å². The predicted octanol–water partition coefficient (Wildman–Crippen LogP) is 2.57. The van der Waals surface area contributed by atoms with Crippen molar-refractivity contribution >= 4 is 16.8 Å². The van der Waals surface area contributed by atoms with Gasteiger partial charge in [0, 0.05) is 17.0 Å². The Hall–Kier alpha value is -2.10. The van der Waals surface area contributed by atoms with Gasteiger partial charge in [-0.1, -0.05) is 6.92 Å². The second-order valence-corrected chi connectivity index (χ2v) is 4.27. The van der Waals surface area contributed by atoms with Gasteiger partial charge in [0.05, 0.1) is 5.56 Å². The summed E-state index contributed by atoms with van der Waals surface area (Å²) in [6.45, 7) is 4.95. The first-order valence-electron chi connectivity index (χ1n) is 5.76. The number of hydrogen-bond donors (Lipinski definition) is 1. The third-order valence-corrected chi connectivity index (χ3v) is 3.09. The monoisotopic (exact) mass is 246 g/mol. The zero-order valence-corrected chi connectivity index (χ0v) is 10.5. The van der Waals surface area contributed by atoms with Crippen molar-refractivity contribution in [3.05, 3.63) is 39.2 Å². The first kappa shape index (κ1) is 12.4. The molecule has 0 saturated heterocycles. The van der Waals surface area contributed by atoms with Crippen LogP contribution in [-0.2, 0) is 6.42 Å². The zero-order valence-electron chi connectivity index (χ0n) is 10.5. The molecule has 0 aliphatic rings. The smallest absolute Gasteiger partial charge is 0.336 e. The van der Waals surface area contributed by atoms with E-state index in [1.54, 1.807) is 13.0 Å². The molecule has 0 unspecified atom stereocenters. The first-order valence-corrected chi connectivity index (χ1v) is 5.76. The molecule has 1 N–H and O–H groups in total. The van der Waals surface area contributed by atoms with Crippen LogP contribution in [0, 0.1) is 6.92 Å². The lowest BCUT2D eigenvalue weighted by molar-refractivity contribution is 0.101. The van der Waals surface area contributed by atoms with E-state index >= 15 is 0 Å². The molecule has 94 valence electrons. The number of Topliss-reactive ketones (excluding diaryl/α,β-unsaturated/α-hetero) is 1. The van der Waals surface area contributed by atoms with Crippen molar-refractivity contribution in [2.24, 2.45) is 0 Å². The van der Waals surface area contributed by atoms with E-state index in [2.05, 4.69) is 0 Å². The van der Waals surface area contributed by atoms with Gasteiger partial charge in [0.1, 0.15) is 11.3 Å². The van der Waals surface area contributed by atoms with Crippen molar-refractivity contribution in [3.63, 3.8) is 0 Å². The maximum atomic E-state index is 11.5. The molecule has 0 atom stereocenters. The topological polar surface area (TPSA) is 67.5 Å². The Labute approximate surface area is 104 Å². The average molecular weight is 246 g/mol. The molecule has 0 aliphatic carbocycles. The minimum atomic E-state index is -0.447. The average Bonchev–Trinajstić information content (AvgIpc) is 2.32. The normalized spacial score (nSPS) is 10.8. The molecule has 1 aromatic heterocycles. The second-order valence-electron chi connectivity index (χ2n) is 4.27. The van der Waals surface area contributed by atoms with Gasteiger partial charge in [0.2, 0.25) is 0 Å². The Kier molecular flexibility index (Phi) is 2.95. The minimum absolute atomic E-state index is 0.119. The number of benzene rings is 1. The van der Waals surface area contributed by atoms with Crippen LogP contribution in [0.3, 0.4) is 0 Å². The van der Waals surface area contributed by atoms with Gasteiger partial charge in [-0.15, -0.1) is 0 Å². The van der Waals surface area contributed by atoms with E-state index in [-0.39, 0.29) is 17.1 Å². The van der Waals surface area contributed by atoms with Gasteiger partial charge in [-0.2, -0.15) is 0 Å². The van der Waals surface area contributed by atoms with Crippen LogP contribution in [0.15, 0.2) is 21.3 Å². The molecular weight excluding hydrogens is 232 g/mol. The van der Waals surface area contributed by atoms with Crippen LogP contribution in [-0.4, -0.2) is 10.9 Å². The van der Waals surface area contributed by atoms with Gasteiger partial charge >= 0.3 is 5.63 Å². The molecule has 0 spiro atoms. The number of carbonyl (C=O) groups is 1. The molecule has 4 nitrogen and oxygen atoms in total. The molecular formula is C14H14O4. The van der Waals surface area contributed by atoms with Crippen molar-refractivity contribution in [3.8, 4) is 5.75 Å². The number of rotatable bonds is 2. The molecule has 2 aromatic rings. The Bertz CT molecular complexity index is 695. The van der Waals surface area contributed by atoms with Crippen LogP contribution in [0.4, 0.5) is 0 Å². The number of carbonyl (C=O) groups excluding carboxylic acids is 1. The summed E-state index contributed by atoms with van der Waals surface area (Å²) in [5.74, 6) is -0.336. The van der Waals surface area contributed by atoms with Gasteiger partial charge < -0.3 is 9.52 Å². The summed E-state index contributed by atoms with van der Waals surface area (Å²) in [4.78, 5) is 22.9. The molecule has 0 fully saturated rings. The summed E-state index contributed by atoms with van der Waals surface area (Å²) >= 11 is 0. The lowest BCUT2D eigenvalue weighted by Crippen LogP contribution is -2.03. The van der Waals surface area contributed by atoms with Crippen LogP contribution in [0.2, 0.25) is 0 Å². The molecule has 0 amide bonds. The Balaban J connectivity index is 2.99. The molecule has 0 radical (unpaired) electrons. The quantitative estimate of drug-likeness (QED) is 0.653. The van der Waals surface area contributed by atoms with Crippen LogP contribution in [0.5, 0.6) is 5.75 Å². The minimum Gasteiger partial charge on any atom is -0.507 e. The molecule has 0 saturated carbocycles. The van der Waals surface area contributed by atoms with Gasteiger partial charge in [-0.3, -0.25) is 4.79 Å². The Morgan fingerprint density at radius 3 is 2.61 bits per heavy atom. The number of fused-ring (bicyclic) bond motifs is 1. The Morgan fingerprint density at radius 1 is 1.39 bits per heavy atom. The predicted molar refractivity (Wildman–Crippen MR) is 68.3 cm³/mol. The van der Waals surface area contributed by atoms with E-state index in [1.165, 1.54) is 13.0 Å². The van der Waals surface area contributed by atoms with E-state index in [0.717, 1.165) is 5.56 Å². The third kappa shape index (κ3) is 1.79. The summed E-state index contributed by atoms with van der Waals surface area (Å²) in [5.41, 5.74) is 1.39. The maximum Gasteiger partial charge on any atom is 0.336 e. The van der Waals surface area contributed by atoms with Crippen molar-refractivity contribution in [1.29, 1.82) is 0 Å². The largest absolute Gasteiger partial charge is 0.507 e. The molecule has 2 rings (SSSR count). The SMILES string of the molecule is CCc1cc(=O)oc2c(C)c(O)c(C(C)=O)cc12. The zero-order chi connectivity index (χ0) is 13.4. The van der Waals surface area contributed by atoms with Crippen molar-refractivity contribution in [1.82, 2.24) is 0 Å². The number of phenolic OH excluding ortho intramolecular Hbond substituents is 1. The lowest BCUT2D eigenvalue weighted by atomic mass is 9.99. The molecule has 1 heterocycles. The van der Waals surface area contributed by atoms with Gasteiger partial charge in [0.25, 0.3) is 0 Å². The summed E-state index contributed by atoms with van der Waals surface area (Å²) in [6.07, 6.45) is 0.656. The molecule has 1 aromatic carbocycles. The first-order chi connectivity index (χ1) is 8.45. The number of ketones is 1. The standard InChI is InChI=1S/C14H14O4/c1-4-9-5-12(16)18-14-7(2)13(17)10(8(3)15)6-11(9)14/h5-6,17H,4H2,1-3H3. The second kappa shape index (κ2) is 4.29. The highest BCUT2D eigenvalue weighted by atomic mass is 16.4. The summed E-state index contributed by atoms with van der Waals surface area (Å²) in [6, 6.07) is 3.00. The van der Waals surface area contributed by atoms with E-state index < -0.39 is 5.63 Å². The van der Waals surface area contributed by atoms with E-state index in [1.807, 2.05) is 6.92 Å². The van der Waals surface area contributed by atoms with E-state index in [9.17, 15) is 14.7 Å². The number of hydrogen-bond acceptors (Lipinski definition) is 4. The highest BCUT2D eigenvalue weighted by Gasteiger charge is 2.16. The van der Waals surface area contributed by atoms with Crippen molar-refractivity contribution in [2.45, 2.75) is 27.2 Å².